The number of allylic oxidation sites excluding steroid dienone is 6. The Labute approximate surface area is 261 Å². The first-order valence-electron chi connectivity index (χ1n) is 16.6. The van der Waals surface area contributed by atoms with Crippen LogP contribution in [-0.2, 0) is 18.8 Å². The zero-order valence-electron chi connectivity index (χ0n) is 29.8. The van der Waals surface area contributed by atoms with Gasteiger partial charge in [0.15, 0.2) is 19.9 Å². The Kier molecular flexibility index (Phi) is 12.1. The fourth-order valence-corrected chi connectivity index (χ4v) is 13.0. The van der Waals surface area contributed by atoms with Gasteiger partial charge in [-0.15, -0.1) is 0 Å². The summed E-state index contributed by atoms with van der Waals surface area (Å²) in [5.41, 5.74) is 1.08. The summed E-state index contributed by atoms with van der Waals surface area (Å²) in [6.45, 7) is 28.8. The van der Waals surface area contributed by atoms with E-state index >= 15 is 0 Å². The Morgan fingerprint density at radius 2 is 1.52 bits per heavy atom. The number of carbonyl (C=O) groups is 2. The van der Waals surface area contributed by atoms with Gasteiger partial charge >= 0.3 is 0 Å². The van der Waals surface area contributed by atoms with E-state index in [-0.39, 0.29) is 23.1 Å². The van der Waals surface area contributed by atoms with Crippen molar-refractivity contribution in [3.63, 3.8) is 0 Å². The molecule has 0 saturated heterocycles. The lowest BCUT2D eigenvalue weighted by Crippen LogP contribution is -2.62. The van der Waals surface area contributed by atoms with E-state index in [1.165, 1.54) is 11.1 Å². The van der Waals surface area contributed by atoms with Crippen LogP contribution >= 0.6 is 0 Å². The summed E-state index contributed by atoms with van der Waals surface area (Å²) in [5.74, 6) is 0.428. The third-order valence-electron chi connectivity index (χ3n) is 10.6. The van der Waals surface area contributed by atoms with E-state index in [0.29, 0.717) is 12.2 Å². The van der Waals surface area contributed by atoms with Crippen molar-refractivity contribution in [1.29, 1.82) is 0 Å². The van der Waals surface area contributed by atoms with Crippen LogP contribution in [0.5, 0.6) is 0 Å². The highest BCUT2D eigenvalue weighted by atomic mass is 28.4. The molecule has 0 radical (unpaired) electrons. The van der Waals surface area contributed by atoms with E-state index in [1.807, 2.05) is 0 Å². The molecule has 6 heteroatoms. The van der Waals surface area contributed by atoms with Crippen LogP contribution in [0.4, 0.5) is 0 Å². The maximum atomic E-state index is 14.8. The molecule has 4 atom stereocenters. The molecule has 240 valence electrons. The van der Waals surface area contributed by atoms with Crippen LogP contribution in [0.3, 0.4) is 0 Å². The summed E-state index contributed by atoms with van der Waals surface area (Å²) in [7, 11) is -2.19. The number of methoxy groups -OCH3 is 1. The minimum Gasteiger partial charge on any atom is -0.500 e. The van der Waals surface area contributed by atoms with Crippen molar-refractivity contribution in [1.82, 2.24) is 0 Å². The normalized spacial score (nSPS) is 26.8. The van der Waals surface area contributed by atoms with E-state index in [1.54, 1.807) is 7.11 Å². The molecule has 0 aromatic carbocycles. The molecule has 42 heavy (non-hydrogen) atoms. The number of ether oxygens (including phenoxy) is 1. The number of fused-ring (bicyclic) bond motifs is 2. The van der Waals surface area contributed by atoms with Crippen molar-refractivity contribution >= 4 is 28.0 Å². The van der Waals surface area contributed by atoms with Crippen molar-refractivity contribution in [3.8, 4) is 0 Å². The van der Waals surface area contributed by atoms with Gasteiger partial charge in [0.05, 0.1) is 32.1 Å². The third kappa shape index (κ3) is 7.51. The lowest BCUT2D eigenvalue weighted by atomic mass is 9.47. The lowest BCUT2D eigenvalue weighted by Gasteiger charge is -2.57. The SMILES string of the molecule is CC[Si](CC)(CC)OC(C)(C)CCCC1(C)C(CC=C(C)C)CC2(CC=C(C)C)C(=O)C1C(=O)C([Si](C)(C)C)=C2OC. The van der Waals surface area contributed by atoms with Crippen molar-refractivity contribution in [3.05, 3.63) is 34.3 Å². The van der Waals surface area contributed by atoms with Gasteiger partial charge in [-0.1, -0.05) is 77.1 Å². The molecule has 1 saturated carbocycles. The van der Waals surface area contributed by atoms with Gasteiger partial charge in [0.2, 0.25) is 0 Å². The second-order valence-electron chi connectivity index (χ2n) is 15.8. The fourth-order valence-electron chi connectivity index (χ4n) is 7.92. The molecule has 0 aliphatic heterocycles. The quantitative estimate of drug-likeness (QED) is 0.104. The number of ketones is 2. The van der Waals surface area contributed by atoms with Crippen LogP contribution in [-0.4, -0.2) is 40.7 Å². The minimum atomic E-state index is -2.12. The van der Waals surface area contributed by atoms with Crippen molar-refractivity contribution < 1.29 is 18.8 Å². The van der Waals surface area contributed by atoms with Crippen LogP contribution < -0.4 is 0 Å². The first kappa shape index (κ1) is 36.9. The van der Waals surface area contributed by atoms with Crippen LogP contribution in [0.15, 0.2) is 34.3 Å². The van der Waals surface area contributed by atoms with E-state index in [9.17, 15) is 9.59 Å². The summed E-state index contributed by atoms with van der Waals surface area (Å²) in [5, 5.41) is 0.858. The van der Waals surface area contributed by atoms with Crippen molar-refractivity contribution in [2.45, 2.75) is 151 Å². The van der Waals surface area contributed by atoms with Crippen LogP contribution in [0, 0.1) is 22.7 Å². The summed E-state index contributed by atoms with van der Waals surface area (Å²) < 4.78 is 13.1. The zero-order chi connectivity index (χ0) is 32.3. The Morgan fingerprint density at radius 3 is 1.98 bits per heavy atom. The Balaban J connectivity index is 2.65. The molecule has 4 unspecified atom stereocenters. The molecule has 0 aromatic rings. The predicted octanol–water partition coefficient (Wildman–Crippen LogP) is 10.2. The number of rotatable bonds is 15. The number of hydrogen-bond acceptors (Lipinski definition) is 4. The standard InChI is InChI=1S/C36H64O4Si2/c1-15-42(16-2,17-3)40-34(8,9)22-18-23-35(10)28(20-19-26(4)5)25-36(24-21-27(6)7)32(38)29(35)30(37)31(33(36)39-11)41(12,13)14/h19,21,28-29H,15-18,20,22-25H2,1-14H3. The van der Waals surface area contributed by atoms with E-state index < -0.39 is 33.1 Å². The molecular weight excluding hydrogens is 553 g/mol. The van der Waals surface area contributed by atoms with Crippen LogP contribution in [0.25, 0.3) is 0 Å². The molecular formula is C36H64O4Si2. The monoisotopic (exact) mass is 616 g/mol. The first-order chi connectivity index (χ1) is 19.3. The molecule has 4 nitrogen and oxygen atoms in total. The highest BCUT2D eigenvalue weighted by Gasteiger charge is 2.66. The van der Waals surface area contributed by atoms with Gasteiger partial charge in [-0.05, 0) is 103 Å². The van der Waals surface area contributed by atoms with Crippen LogP contribution in [0.1, 0.15) is 108 Å². The van der Waals surface area contributed by atoms with Gasteiger partial charge < -0.3 is 9.16 Å². The average molecular weight is 617 g/mol. The average Bonchev–Trinajstić information content (AvgIpc) is 2.88. The van der Waals surface area contributed by atoms with E-state index in [4.69, 9.17) is 9.16 Å². The topological polar surface area (TPSA) is 52.6 Å². The van der Waals surface area contributed by atoms with Crippen molar-refractivity contribution in [2.75, 3.05) is 7.11 Å². The molecule has 0 N–H and O–H groups in total. The third-order valence-corrected chi connectivity index (χ3v) is 17.5. The van der Waals surface area contributed by atoms with Gasteiger partial charge in [0, 0.05) is 5.20 Å². The highest BCUT2D eigenvalue weighted by Crippen LogP contribution is 2.62. The minimum absolute atomic E-state index is 0.0538. The predicted molar refractivity (Wildman–Crippen MR) is 184 cm³/mol. The maximum absolute atomic E-state index is 14.8. The smallest absolute Gasteiger partial charge is 0.192 e. The molecule has 0 spiro atoms. The summed E-state index contributed by atoms with van der Waals surface area (Å²) in [6, 6.07) is 3.41. The maximum Gasteiger partial charge on any atom is 0.192 e. The summed E-state index contributed by atoms with van der Waals surface area (Å²) in [6.07, 6.45) is 9.45. The second-order valence-corrected chi connectivity index (χ2v) is 25.5. The Hall–Kier alpha value is -1.25. The molecule has 2 rings (SSSR count). The molecule has 2 bridgehead atoms. The largest absolute Gasteiger partial charge is 0.500 e. The summed E-state index contributed by atoms with van der Waals surface area (Å²) in [4.78, 5) is 29.4. The summed E-state index contributed by atoms with van der Waals surface area (Å²) >= 11 is 0. The lowest BCUT2D eigenvalue weighted by molar-refractivity contribution is -0.157. The Morgan fingerprint density at radius 1 is 0.976 bits per heavy atom. The van der Waals surface area contributed by atoms with Gasteiger partial charge in [-0.3, -0.25) is 9.59 Å². The van der Waals surface area contributed by atoms with Crippen LogP contribution in [0.2, 0.25) is 37.8 Å². The van der Waals surface area contributed by atoms with E-state index in [0.717, 1.165) is 55.4 Å². The first-order valence-corrected chi connectivity index (χ1v) is 22.7. The van der Waals surface area contributed by atoms with Gasteiger partial charge in [0.1, 0.15) is 5.76 Å². The molecule has 1 fully saturated rings. The molecule has 2 aliphatic rings. The number of hydrogen-bond donors (Lipinski definition) is 0. The molecule has 2 aliphatic carbocycles. The molecule has 0 amide bonds. The van der Waals surface area contributed by atoms with Gasteiger partial charge in [-0.2, -0.15) is 0 Å². The van der Waals surface area contributed by atoms with Gasteiger partial charge in [-0.25, -0.2) is 0 Å². The fraction of sp³-hybridized carbons (Fsp3) is 0.778. The number of carbonyl (C=O) groups excluding carboxylic acids is 2. The number of Topliss-reactive ketones (excluding diaryl/α,β-unsaturated/α-hetero) is 2. The van der Waals surface area contributed by atoms with Crippen molar-refractivity contribution in [2.24, 2.45) is 22.7 Å². The molecule has 0 heterocycles. The van der Waals surface area contributed by atoms with Gasteiger partial charge in [0.25, 0.3) is 0 Å². The Bertz CT molecular complexity index is 1070. The second kappa shape index (κ2) is 13.8. The zero-order valence-corrected chi connectivity index (χ0v) is 31.8. The van der Waals surface area contributed by atoms with E-state index in [2.05, 4.69) is 101 Å². The molecule has 0 aromatic heterocycles. The highest BCUT2D eigenvalue weighted by molar-refractivity contribution is 6.87.